The summed E-state index contributed by atoms with van der Waals surface area (Å²) in [6.07, 6.45) is 1.97. The zero-order chi connectivity index (χ0) is 13.8. The van der Waals surface area contributed by atoms with Gasteiger partial charge in [0.15, 0.2) is 0 Å². The van der Waals surface area contributed by atoms with Crippen molar-refractivity contribution in [2.45, 2.75) is 53.1 Å². The molecule has 1 N–H and O–H groups in total. The van der Waals surface area contributed by atoms with Crippen molar-refractivity contribution in [3.05, 3.63) is 17.5 Å². The molecule has 1 aromatic rings. The van der Waals surface area contributed by atoms with Gasteiger partial charge < -0.3 is 5.32 Å². The first-order chi connectivity index (χ1) is 8.38. The quantitative estimate of drug-likeness (QED) is 0.806. The lowest BCUT2D eigenvalue weighted by molar-refractivity contribution is 0.259. The molecule has 4 heteroatoms. The molecule has 0 fully saturated rings. The van der Waals surface area contributed by atoms with Crippen LogP contribution in [0.5, 0.6) is 0 Å². The molecule has 0 aliphatic carbocycles. The van der Waals surface area contributed by atoms with E-state index in [1.807, 2.05) is 11.7 Å². The number of aryl methyl sites for hydroxylation is 2. The maximum Gasteiger partial charge on any atom is 0.0625 e. The van der Waals surface area contributed by atoms with Crippen LogP contribution in [0.1, 0.15) is 45.5 Å². The van der Waals surface area contributed by atoms with Gasteiger partial charge in [0.25, 0.3) is 0 Å². The Morgan fingerprint density at radius 1 is 1.44 bits per heavy atom. The zero-order valence-corrected chi connectivity index (χ0v) is 13.0. The van der Waals surface area contributed by atoms with E-state index in [0.717, 1.165) is 25.1 Å². The molecule has 0 saturated heterocycles. The first-order valence-corrected chi connectivity index (χ1v) is 7.23. The van der Waals surface area contributed by atoms with Crippen molar-refractivity contribution in [2.75, 3.05) is 5.88 Å². The molecule has 0 spiro atoms. The largest absolute Gasteiger partial charge is 0.308 e. The summed E-state index contributed by atoms with van der Waals surface area (Å²) in [5, 5.41) is 8.08. The zero-order valence-electron chi connectivity index (χ0n) is 12.3. The Bertz CT molecular complexity index is 366. The lowest BCUT2D eigenvalue weighted by atomic mass is 9.85. The van der Waals surface area contributed by atoms with Crippen molar-refractivity contribution in [2.24, 2.45) is 12.5 Å². The molecule has 18 heavy (non-hydrogen) atoms. The van der Waals surface area contributed by atoms with E-state index < -0.39 is 0 Å². The molecule has 0 amide bonds. The molecule has 0 bridgehead atoms. The Morgan fingerprint density at radius 3 is 2.56 bits per heavy atom. The molecule has 0 radical (unpaired) electrons. The minimum Gasteiger partial charge on any atom is -0.308 e. The van der Waals surface area contributed by atoms with Crippen LogP contribution in [0.2, 0.25) is 0 Å². The van der Waals surface area contributed by atoms with Crippen LogP contribution in [-0.4, -0.2) is 21.7 Å². The second-order valence-electron chi connectivity index (χ2n) is 5.88. The summed E-state index contributed by atoms with van der Waals surface area (Å²) in [5.41, 5.74) is 2.61. The van der Waals surface area contributed by atoms with Crippen LogP contribution in [0.15, 0.2) is 6.07 Å². The van der Waals surface area contributed by atoms with Crippen LogP contribution in [0.25, 0.3) is 0 Å². The maximum absolute atomic E-state index is 5.88. The van der Waals surface area contributed by atoms with Gasteiger partial charge in [0.2, 0.25) is 0 Å². The normalized spacial score (nSPS) is 13.9. The van der Waals surface area contributed by atoms with E-state index in [2.05, 4.69) is 44.2 Å². The van der Waals surface area contributed by atoms with Gasteiger partial charge in [0.05, 0.1) is 11.4 Å². The molecule has 3 nitrogen and oxygen atoms in total. The van der Waals surface area contributed by atoms with Crippen LogP contribution in [-0.2, 0) is 20.0 Å². The van der Waals surface area contributed by atoms with Crippen molar-refractivity contribution in [3.63, 3.8) is 0 Å². The Morgan fingerprint density at radius 2 is 2.11 bits per heavy atom. The Labute approximate surface area is 116 Å². The van der Waals surface area contributed by atoms with Gasteiger partial charge in [-0.05, 0) is 24.3 Å². The molecule has 1 unspecified atom stereocenters. The summed E-state index contributed by atoms with van der Waals surface area (Å²) in [7, 11) is 2.00. The number of rotatable bonds is 6. The minimum absolute atomic E-state index is 0.223. The van der Waals surface area contributed by atoms with E-state index in [1.54, 1.807) is 0 Å². The smallest absolute Gasteiger partial charge is 0.0625 e. The highest BCUT2D eigenvalue weighted by atomic mass is 35.5. The van der Waals surface area contributed by atoms with Crippen LogP contribution in [0, 0.1) is 5.41 Å². The first-order valence-electron chi connectivity index (χ1n) is 6.69. The highest BCUT2D eigenvalue weighted by molar-refractivity contribution is 6.17. The van der Waals surface area contributed by atoms with Crippen LogP contribution in [0.4, 0.5) is 0 Å². The fraction of sp³-hybridized carbons (Fsp3) is 0.786. The predicted molar refractivity (Wildman–Crippen MR) is 78.0 cm³/mol. The van der Waals surface area contributed by atoms with Crippen molar-refractivity contribution in [1.29, 1.82) is 0 Å². The maximum atomic E-state index is 5.88. The van der Waals surface area contributed by atoms with Gasteiger partial charge in [0.1, 0.15) is 0 Å². The number of halogens is 1. The second kappa shape index (κ2) is 6.58. The molecule has 1 heterocycles. The van der Waals surface area contributed by atoms with E-state index >= 15 is 0 Å². The van der Waals surface area contributed by atoms with E-state index in [1.165, 1.54) is 5.69 Å². The monoisotopic (exact) mass is 271 g/mol. The average molecular weight is 272 g/mol. The molecule has 0 aliphatic heterocycles. The number of aromatic nitrogens is 2. The SMILES string of the molecule is CCc1cc(CNC(CCCl)C(C)(C)C)n(C)n1. The Kier molecular flexibility index (Phi) is 5.67. The van der Waals surface area contributed by atoms with E-state index in [4.69, 9.17) is 11.6 Å². The van der Waals surface area contributed by atoms with Crippen LogP contribution < -0.4 is 5.32 Å². The number of alkyl halides is 1. The number of nitrogens with zero attached hydrogens (tertiary/aromatic N) is 2. The fourth-order valence-corrected chi connectivity index (χ4v) is 2.31. The van der Waals surface area contributed by atoms with Gasteiger partial charge in [0, 0.05) is 25.5 Å². The number of nitrogens with one attached hydrogen (secondary N) is 1. The van der Waals surface area contributed by atoms with Crippen molar-refractivity contribution < 1.29 is 0 Å². The Balaban J connectivity index is 2.63. The summed E-state index contributed by atoms with van der Waals surface area (Å²) >= 11 is 5.88. The summed E-state index contributed by atoms with van der Waals surface area (Å²) < 4.78 is 1.96. The highest BCUT2D eigenvalue weighted by Crippen LogP contribution is 2.22. The average Bonchev–Trinajstić information content (AvgIpc) is 2.64. The van der Waals surface area contributed by atoms with E-state index in [0.29, 0.717) is 11.9 Å². The molecule has 1 aromatic heterocycles. The first kappa shape index (κ1) is 15.5. The van der Waals surface area contributed by atoms with Crippen molar-refractivity contribution >= 4 is 11.6 Å². The van der Waals surface area contributed by atoms with E-state index in [9.17, 15) is 0 Å². The molecule has 104 valence electrons. The van der Waals surface area contributed by atoms with Gasteiger partial charge in [-0.25, -0.2) is 0 Å². The fourth-order valence-electron chi connectivity index (χ4n) is 2.09. The van der Waals surface area contributed by atoms with Crippen LogP contribution >= 0.6 is 11.6 Å². The van der Waals surface area contributed by atoms with Gasteiger partial charge in [-0.15, -0.1) is 11.6 Å². The Hall–Kier alpha value is -0.540. The van der Waals surface area contributed by atoms with Gasteiger partial charge >= 0.3 is 0 Å². The van der Waals surface area contributed by atoms with Crippen LogP contribution in [0.3, 0.4) is 0 Å². The third-order valence-electron chi connectivity index (χ3n) is 3.36. The summed E-state index contributed by atoms with van der Waals surface area (Å²) in [4.78, 5) is 0. The number of hydrogen-bond donors (Lipinski definition) is 1. The summed E-state index contributed by atoms with van der Waals surface area (Å²) in [6.45, 7) is 9.72. The molecule has 0 aromatic carbocycles. The third kappa shape index (κ3) is 4.29. The highest BCUT2D eigenvalue weighted by Gasteiger charge is 2.23. The predicted octanol–water partition coefficient (Wildman–Crippen LogP) is 3.12. The molecule has 1 rings (SSSR count). The second-order valence-corrected chi connectivity index (χ2v) is 6.26. The lowest BCUT2D eigenvalue weighted by Crippen LogP contribution is -2.40. The molecule has 0 saturated carbocycles. The third-order valence-corrected chi connectivity index (χ3v) is 3.58. The molecule has 1 atom stereocenters. The molecular formula is C14H26ClN3. The molecular weight excluding hydrogens is 246 g/mol. The van der Waals surface area contributed by atoms with E-state index in [-0.39, 0.29) is 5.41 Å². The van der Waals surface area contributed by atoms with Gasteiger partial charge in [-0.3, -0.25) is 4.68 Å². The summed E-state index contributed by atoms with van der Waals surface area (Å²) in [6, 6.07) is 2.60. The van der Waals surface area contributed by atoms with Crippen molar-refractivity contribution in [3.8, 4) is 0 Å². The lowest BCUT2D eigenvalue weighted by Gasteiger charge is -2.31. The number of hydrogen-bond acceptors (Lipinski definition) is 2. The molecule has 0 aliphatic rings. The van der Waals surface area contributed by atoms with Gasteiger partial charge in [-0.2, -0.15) is 5.10 Å². The standard InChI is InChI=1S/C14H26ClN3/c1-6-11-9-12(18(5)17-11)10-16-13(7-8-15)14(2,3)4/h9,13,16H,6-8,10H2,1-5H3. The topological polar surface area (TPSA) is 29.9 Å². The van der Waals surface area contributed by atoms with Gasteiger partial charge in [-0.1, -0.05) is 27.7 Å². The summed E-state index contributed by atoms with van der Waals surface area (Å²) in [5.74, 6) is 0.695. The minimum atomic E-state index is 0.223. The van der Waals surface area contributed by atoms with Crippen molar-refractivity contribution in [1.82, 2.24) is 15.1 Å².